The third-order valence-corrected chi connectivity index (χ3v) is 20.0. The van der Waals surface area contributed by atoms with E-state index in [4.69, 9.17) is 18.5 Å². The van der Waals surface area contributed by atoms with E-state index in [9.17, 15) is 19.0 Å². The van der Waals surface area contributed by atoms with E-state index in [-0.39, 0.29) is 32.0 Å². The fraction of sp³-hybridized carbons (Fsp3) is 0.708. The predicted octanol–water partition coefficient (Wildman–Crippen LogP) is 29.5. The summed E-state index contributed by atoms with van der Waals surface area (Å²) >= 11 is 0. The molecule has 0 rings (SSSR count). The molecule has 9 nitrogen and oxygen atoms in total. The van der Waals surface area contributed by atoms with E-state index in [1.54, 1.807) is 0 Å². The van der Waals surface area contributed by atoms with Gasteiger partial charge >= 0.3 is 11.9 Å². The largest absolute Gasteiger partial charge is 0.756 e. The fourth-order valence-corrected chi connectivity index (χ4v) is 13.1. The van der Waals surface area contributed by atoms with Crippen molar-refractivity contribution in [1.82, 2.24) is 0 Å². The Labute approximate surface area is 656 Å². The van der Waals surface area contributed by atoms with Gasteiger partial charge in [0.2, 0.25) is 0 Å². The normalized spacial score (nSPS) is 13.8. The van der Waals surface area contributed by atoms with Crippen molar-refractivity contribution in [2.75, 3.05) is 47.5 Å². The van der Waals surface area contributed by atoms with E-state index in [2.05, 4.69) is 172 Å². The number of esters is 2. The van der Waals surface area contributed by atoms with Crippen molar-refractivity contribution < 1.29 is 42.1 Å². The summed E-state index contributed by atoms with van der Waals surface area (Å²) in [4.78, 5) is 38.3. The molecule has 0 N–H and O–H groups in total. The van der Waals surface area contributed by atoms with Gasteiger partial charge in [0, 0.05) is 12.8 Å². The van der Waals surface area contributed by atoms with E-state index in [1.165, 1.54) is 231 Å². The molecule has 608 valence electrons. The molecule has 0 aromatic heterocycles. The first-order valence-corrected chi connectivity index (χ1v) is 45.7. The van der Waals surface area contributed by atoms with Crippen molar-refractivity contribution >= 4 is 19.8 Å². The number of unbranched alkanes of at least 4 members (excludes halogenated alkanes) is 41. The first-order valence-electron chi connectivity index (χ1n) is 44.2. The van der Waals surface area contributed by atoms with Crippen molar-refractivity contribution in [2.45, 2.75) is 392 Å². The summed E-state index contributed by atoms with van der Waals surface area (Å²) in [6.07, 6.45) is 127. The standard InChI is InChI=1S/C96H166NO8P/c1-6-8-10-12-14-16-18-20-22-24-26-28-30-32-34-36-38-40-42-44-46-48-50-52-54-56-58-60-62-64-66-68-70-72-74-76-78-80-82-84-86-88-95(98)102-92-94(93-104-106(100,101)103-91-90-97(3,4)5)105-96(99)89-87-85-83-81-79-77-75-73-71-69-67-65-63-61-59-57-55-53-51-49-47-45-43-41-39-37-35-33-31-29-27-25-23-21-19-17-15-13-11-9-7-2/h8-11,14-17,20-23,26-29,33,35,39,41,45,47,51,53,57,59,94H,6-7,12-13,18-19,24-25,30-32,34,36-38,40,42-44,46,48-50,52,54-56,58,60-93H2,1-5H3/b10-8-,11-9-,16-14-,17-15-,22-20-,23-21-,28-26-,29-27-,35-33-,41-39-,47-45-,53-51-,59-57-. The number of hydrogen-bond acceptors (Lipinski definition) is 8. The van der Waals surface area contributed by atoms with E-state index in [1.807, 2.05) is 21.1 Å². The summed E-state index contributed by atoms with van der Waals surface area (Å²) in [6.45, 7) is 4.05. The number of likely N-dealkylation sites (N-methyl/N-ethyl adjacent to an activating group) is 1. The van der Waals surface area contributed by atoms with Crippen LogP contribution in [0.2, 0.25) is 0 Å². The van der Waals surface area contributed by atoms with E-state index in [0.717, 1.165) is 122 Å². The summed E-state index contributed by atoms with van der Waals surface area (Å²) in [5.74, 6) is -0.824. The molecule has 0 saturated heterocycles. The first-order chi connectivity index (χ1) is 52.0. The number of phosphoric ester groups is 1. The lowest BCUT2D eigenvalue weighted by Gasteiger charge is -2.28. The van der Waals surface area contributed by atoms with Crippen molar-refractivity contribution in [2.24, 2.45) is 0 Å². The molecule has 0 saturated carbocycles. The molecule has 0 aliphatic rings. The highest BCUT2D eigenvalue weighted by molar-refractivity contribution is 7.45. The maximum atomic E-state index is 12.9. The molecular weight excluding hydrogens is 1330 g/mol. The zero-order valence-electron chi connectivity index (χ0n) is 69.6. The van der Waals surface area contributed by atoms with Crippen LogP contribution in [-0.2, 0) is 32.7 Å². The van der Waals surface area contributed by atoms with Gasteiger partial charge in [-0.1, -0.05) is 409 Å². The van der Waals surface area contributed by atoms with Gasteiger partial charge in [0.05, 0.1) is 27.7 Å². The van der Waals surface area contributed by atoms with Crippen LogP contribution in [0.15, 0.2) is 158 Å². The van der Waals surface area contributed by atoms with Crippen LogP contribution in [0.4, 0.5) is 0 Å². The molecule has 0 aliphatic carbocycles. The second-order valence-corrected chi connectivity index (χ2v) is 31.9. The predicted molar refractivity (Wildman–Crippen MR) is 461 cm³/mol. The van der Waals surface area contributed by atoms with Gasteiger partial charge in [0.1, 0.15) is 19.8 Å². The number of allylic oxidation sites excluding steroid dienone is 26. The Bertz CT molecular complexity index is 2360. The minimum Gasteiger partial charge on any atom is -0.756 e. The number of rotatable bonds is 81. The molecule has 10 heteroatoms. The number of ether oxygens (including phenoxy) is 2. The first kappa shape index (κ1) is 102. The minimum atomic E-state index is -4.65. The van der Waals surface area contributed by atoms with Gasteiger partial charge in [-0.15, -0.1) is 0 Å². The molecule has 0 radical (unpaired) electrons. The summed E-state index contributed by atoms with van der Waals surface area (Å²) < 4.78 is 34.5. The highest BCUT2D eigenvalue weighted by atomic mass is 31.2. The molecule has 0 heterocycles. The Morgan fingerprint density at radius 3 is 0.755 bits per heavy atom. The quantitative estimate of drug-likeness (QED) is 0.0195. The third kappa shape index (κ3) is 88.5. The highest BCUT2D eigenvalue weighted by Crippen LogP contribution is 2.38. The second-order valence-electron chi connectivity index (χ2n) is 30.5. The molecule has 0 bridgehead atoms. The van der Waals surface area contributed by atoms with Gasteiger partial charge < -0.3 is 27.9 Å². The van der Waals surface area contributed by atoms with Crippen LogP contribution in [0.3, 0.4) is 0 Å². The van der Waals surface area contributed by atoms with E-state index in [0.29, 0.717) is 17.4 Å². The van der Waals surface area contributed by atoms with E-state index >= 15 is 0 Å². The van der Waals surface area contributed by atoms with Gasteiger partial charge in [0.15, 0.2) is 6.10 Å². The molecule has 2 unspecified atom stereocenters. The monoisotopic (exact) mass is 1490 g/mol. The van der Waals surface area contributed by atoms with Gasteiger partial charge in [-0.25, -0.2) is 0 Å². The van der Waals surface area contributed by atoms with Crippen LogP contribution < -0.4 is 4.89 Å². The van der Waals surface area contributed by atoms with Gasteiger partial charge in [-0.2, -0.15) is 0 Å². The van der Waals surface area contributed by atoms with Crippen LogP contribution in [0.1, 0.15) is 386 Å². The lowest BCUT2D eigenvalue weighted by atomic mass is 10.0. The lowest BCUT2D eigenvalue weighted by Crippen LogP contribution is -2.37. The van der Waals surface area contributed by atoms with Crippen LogP contribution in [0, 0.1) is 0 Å². The average molecular weight is 1490 g/mol. The van der Waals surface area contributed by atoms with Crippen molar-refractivity contribution in [3.8, 4) is 0 Å². The number of phosphoric acid groups is 1. The molecule has 106 heavy (non-hydrogen) atoms. The average Bonchev–Trinajstić information content (AvgIpc) is 0.908. The Kier molecular flexibility index (Phi) is 81.2. The summed E-state index contributed by atoms with van der Waals surface area (Å²) in [5.41, 5.74) is 0. The van der Waals surface area contributed by atoms with Gasteiger partial charge in [-0.05, 0) is 122 Å². The van der Waals surface area contributed by atoms with Crippen LogP contribution in [0.5, 0.6) is 0 Å². The molecule has 2 atom stereocenters. The molecule has 0 amide bonds. The molecule has 0 fully saturated rings. The summed E-state index contributed by atoms with van der Waals surface area (Å²) in [5, 5.41) is 0. The lowest BCUT2D eigenvalue weighted by molar-refractivity contribution is -0.870. The van der Waals surface area contributed by atoms with Gasteiger partial charge in [-0.3, -0.25) is 14.2 Å². The minimum absolute atomic E-state index is 0.0343. The Morgan fingerprint density at radius 1 is 0.292 bits per heavy atom. The topological polar surface area (TPSA) is 111 Å². The third-order valence-electron chi connectivity index (χ3n) is 19.0. The van der Waals surface area contributed by atoms with Crippen LogP contribution >= 0.6 is 7.82 Å². The van der Waals surface area contributed by atoms with Gasteiger partial charge in [0.25, 0.3) is 7.82 Å². The summed E-state index contributed by atoms with van der Waals surface area (Å²) in [6, 6.07) is 0. The number of quaternary nitrogens is 1. The fourth-order valence-electron chi connectivity index (χ4n) is 12.4. The second kappa shape index (κ2) is 84.6. The maximum Gasteiger partial charge on any atom is 0.306 e. The molecule has 0 spiro atoms. The molecule has 0 aromatic rings. The van der Waals surface area contributed by atoms with Crippen LogP contribution in [-0.4, -0.2) is 70.0 Å². The molecule has 0 aromatic carbocycles. The SMILES string of the molecule is CC/C=C\C/C=C\C/C=C\C/C=C\C/C=C\C/C=C\C/C=C\C/C=C\C/C=C\CCCCCCCCCCCCCCCC(=O)OC(COC(=O)CCCCCCCCCCCCCCCCCCCCCCCCCCCCCC/C=C\C/C=C\C/C=C\C/C=C\CC)COP(=O)([O-])OCC[N+](C)(C)C. The Balaban J connectivity index is 3.92. The zero-order chi connectivity index (χ0) is 76.8. The zero-order valence-corrected chi connectivity index (χ0v) is 70.5. The van der Waals surface area contributed by atoms with Crippen LogP contribution in [0.25, 0.3) is 0 Å². The van der Waals surface area contributed by atoms with Crippen molar-refractivity contribution in [1.29, 1.82) is 0 Å². The number of carbonyl (C=O) groups is 2. The Morgan fingerprint density at radius 2 is 0.509 bits per heavy atom. The smallest absolute Gasteiger partial charge is 0.306 e. The molecule has 0 aliphatic heterocycles. The van der Waals surface area contributed by atoms with Crippen molar-refractivity contribution in [3.63, 3.8) is 0 Å². The number of carbonyl (C=O) groups excluding carboxylic acids is 2. The summed E-state index contributed by atoms with van der Waals surface area (Å²) in [7, 11) is 1.17. The number of hydrogen-bond donors (Lipinski definition) is 0. The maximum absolute atomic E-state index is 12.9. The highest BCUT2D eigenvalue weighted by Gasteiger charge is 2.22. The molecular formula is C96H166NO8P. The van der Waals surface area contributed by atoms with E-state index < -0.39 is 26.5 Å². The van der Waals surface area contributed by atoms with Crippen molar-refractivity contribution in [3.05, 3.63) is 158 Å². The number of nitrogens with zero attached hydrogens (tertiary/aromatic N) is 1. The Hall–Kier alpha value is -4.37.